The Hall–Kier alpha value is -1.40. The van der Waals surface area contributed by atoms with Gasteiger partial charge in [0.1, 0.15) is 16.8 Å². The van der Waals surface area contributed by atoms with Gasteiger partial charge in [0.05, 0.1) is 6.54 Å². The quantitative estimate of drug-likeness (QED) is 0.852. The van der Waals surface area contributed by atoms with Crippen LogP contribution in [0.3, 0.4) is 0 Å². The van der Waals surface area contributed by atoms with Gasteiger partial charge in [0.15, 0.2) is 0 Å². The van der Waals surface area contributed by atoms with Crippen molar-refractivity contribution in [2.24, 2.45) is 0 Å². The van der Waals surface area contributed by atoms with Gasteiger partial charge in [0, 0.05) is 22.6 Å². The number of hydrogen-bond donors (Lipinski definition) is 2. The highest BCUT2D eigenvalue weighted by atomic mass is 35.5. The Morgan fingerprint density at radius 3 is 2.79 bits per heavy atom. The third kappa shape index (κ3) is 3.33. The first-order chi connectivity index (χ1) is 8.97. The molecule has 102 valence electrons. The molecule has 0 amide bonds. The number of aromatic amines is 1. The zero-order valence-corrected chi connectivity index (χ0v) is 12.5. The van der Waals surface area contributed by atoms with Crippen LogP contribution in [0.25, 0.3) is 0 Å². The summed E-state index contributed by atoms with van der Waals surface area (Å²) in [5.74, 6) is 1.62. The molecule has 2 heterocycles. The molecule has 2 aromatic rings. The van der Waals surface area contributed by atoms with Gasteiger partial charge in [0.25, 0.3) is 0 Å². The fourth-order valence-electron chi connectivity index (χ4n) is 1.52. The molecule has 7 heteroatoms. The standard InChI is InChI=1S/C12H15ClN4OS/c1-6(2)10-16-9(13)7(3)11(17-10)14-4-8-5-19-12(18)15-8/h5-6H,4H2,1-3H3,(H,15,18)(H,14,16,17). The van der Waals surface area contributed by atoms with Crippen LogP contribution in [0.15, 0.2) is 10.2 Å². The van der Waals surface area contributed by atoms with Crippen molar-refractivity contribution in [3.63, 3.8) is 0 Å². The lowest BCUT2D eigenvalue weighted by Crippen LogP contribution is -2.09. The zero-order valence-electron chi connectivity index (χ0n) is 11.0. The van der Waals surface area contributed by atoms with Crippen molar-refractivity contribution in [1.29, 1.82) is 0 Å². The highest BCUT2D eigenvalue weighted by molar-refractivity contribution is 7.07. The van der Waals surface area contributed by atoms with Crippen molar-refractivity contribution >= 4 is 28.8 Å². The number of halogens is 1. The molecule has 2 N–H and O–H groups in total. The molecule has 2 aromatic heterocycles. The summed E-state index contributed by atoms with van der Waals surface area (Å²) in [4.78, 5) is 22.4. The van der Waals surface area contributed by atoms with Crippen molar-refractivity contribution in [3.8, 4) is 0 Å². The molecular formula is C12H15ClN4OS. The fraction of sp³-hybridized carbons (Fsp3) is 0.417. The summed E-state index contributed by atoms with van der Waals surface area (Å²) in [6, 6.07) is 0. The van der Waals surface area contributed by atoms with Crippen LogP contribution in [0.4, 0.5) is 5.82 Å². The van der Waals surface area contributed by atoms with E-state index < -0.39 is 0 Å². The monoisotopic (exact) mass is 298 g/mol. The predicted molar refractivity (Wildman–Crippen MR) is 78.1 cm³/mol. The van der Waals surface area contributed by atoms with Gasteiger partial charge in [0.2, 0.25) is 0 Å². The van der Waals surface area contributed by atoms with Crippen molar-refractivity contribution in [1.82, 2.24) is 15.0 Å². The van der Waals surface area contributed by atoms with Crippen LogP contribution in [-0.2, 0) is 6.54 Å². The van der Waals surface area contributed by atoms with Crippen molar-refractivity contribution in [2.45, 2.75) is 33.2 Å². The molecule has 0 aliphatic carbocycles. The Labute approximate surface area is 120 Å². The third-order valence-corrected chi connectivity index (χ3v) is 3.72. The van der Waals surface area contributed by atoms with E-state index in [0.29, 0.717) is 23.3 Å². The van der Waals surface area contributed by atoms with E-state index in [1.54, 1.807) is 5.38 Å². The van der Waals surface area contributed by atoms with Crippen LogP contribution in [-0.4, -0.2) is 15.0 Å². The molecule has 0 bridgehead atoms. The molecule has 0 saturated heterocycles. The molecule has 0 radical (unpaired) electrons. The van der Waals surface area contributed by atoms with Gasteiger partial charge in [-0.2, -0.15) is 0 Å². The smallest absolute Gasteiger partial charge is 0.304 e. The van der Waals surface area contributed by atoms with E-state index in [9.17, 15) is 4.79 Å². The SMILES string of the molecule is Cc1c(Cl)nc(C(C)C)nc1NCc1csc(=O)[nH]1. The zero-order chi connectivity index (χ0) is 14.0. The topological polar surface area (TPSA) is 70.7 Å². The van der Waals surface area contributed by atoms with E-state index >= 15 is 0 Å². The normalized spacial score (nSPS) is 11.0. The van der Waals surface area contributed by atoms with Gasteiger partial charge in [-0.05, 0) is 6.92 Å². The second-order valence-corrected chi connectivity index (χ2v) is 5.73. The van der Waals surface area contributed by atoms with E-state index in [-0.39, 0.29) is 10.8 Å². The molecule has 0 fully saturated rings. The maximum Gasteiger partial charge on any atom is 0.304 e. The molecule has 0 saturated carbocycles. The van der Waals surface area contributed by atoms with Gasteiger partial charge >= 0.3 is 4.87 Å². The minimum absolute atomic E-state index is 0.0582. The molecule has 0 aliphatic heterocycles. The van der Waals surface area contributed by atoms with Gasteiger partial charge in [-0.3, -0.25) is 4.79 Å². The average Bonchev–Trinajstić information content (AvgIpc) is 2.76. The number of nitrogens with zero attached hydrogens (tertiary/aromatic N) is 2. The van der Waals surface area contributed by atoms with E-state index in [1.807, 2.05) is 20.8 Å². The molecule has 19 heavy (non-hydrogen) atoms. The first-order valence-corrected chi connectivity index (χ1v) is 7.17. The van der Waals surface area contributed by atoms with Gasteiger partial charge in [-0.25, -0.2) is 9.97 Å². The number of thiazole rings is 1. The first kappa shape index (κ1) is 14.0. The Morgan fingerprint density at radius 1 is 1.47 bits per heavy atom. The molecule has 5 nitrogen and oxygen atoms in total. The van der Waals surface area contributed by atoms with Crippen molar-refractivity contribution < 1.29 is 0 Å². The van der Waals surface area contributed by atoms with E-state index in [4.69, 9.17) is 11.6 Å². The van der Waals surface area contributed by atoms with Crippen LogP contribution in [0.1, 0.15) is 36.8 Å². The van der Waals surface area contributed by atoms with Crippen LogP contribution < -0.4 is 10.2 Å². The number of hydrogen-bond acceptors (Lipinski definition) is 5. The van der Waals surface area contributed by atoms with E-state index in [0.717, 1.165) is 22.6 Å². The Balaban J connectivity index is 2.21. The summed E-state index contributed by atoms with van der Waals surface area (Å²) in [5, 5.41) is 5.43. The lowest BCUT2D eigenvalue weighted by molar-refractivity contribution is 0.771. The summed E-state index contributed by atoms with van der Waals surface area (Å²) in [7, 11) is 0. The molecule has 0 aliphatic rings. The van der Waals surface area contributed by atoms with Crippen LogP contribution in [0, 0.1) is 6.92 Å². The van der Waals surface area contributed by atoms with Gasteiger partial charge < -0.3 is 10.3 Å². The summed E-state index contributed by atoms with van der Waals surface area (Å²) < 4.78 is 0. The van der Waals surface area contributed by atoms with Crippen LogP contribution in [0.5, 0.6) is 0 Å². The van der Waals surface area contributed by atoms with E-state index in [2.05, 4.69) is 20.3 Å². The maximum atomic E-state index is 11.1. The van der Waals surface area contributed by atoms with Crippen LogP contribution in [0.2, 0.25) is 5.15 Å². The lowest BCUT2D eigenvalue weighted by Gasteiger charge is -2.12. The highest BCUT2D eigenvalue weighted by Crippen LogP contribution is 2.23. The lowest BCUT2D eigenvalue weighted by atomic mass is 10.2. The highest BCUT2D eigenvalue weighted by Gasteiger charge is 2.11. The third-order valence-electron chi connectivity index (χ3n) is 2.64. The fourth-order valence-corrected chi connectivity index (χ4v) is 2.27. The average molecular weight is 299 g/mol. The minimum atomic E-state index is -0.0582. The minimum Gasteiger partial charge on any atom is -0.364 e. The van der Waals surface area contributed by atoms with E-state index in [1.165, 1.54) is 0 Å². The number of anilines is 1. The molecule has 0 spiro atoms. The maximum absolute atomic E-state index is 11.1. The second-order valence-electron chi connectivity index (χ2n) is 4.53. The Morgan fingerprint density at radius 2 is 2.21 bits per heavy atom. The predicted octanol–water partition coefficient (Wildman–Crippen LogP) is 2.92. The number of H-pyrrole nitrogens is 1. The summed E-state index contributed by atoms with van der Waals surface area (Å²) >= 11 is 7.25. The molecule has 0 aromatic carbocycles. The van der Waals surface area contributed by atoms with Gasteiger partial charge in [-0.1, -0.05) is 36.8 Å². The number of rotatable bonds is 4. The first-order valence-electron chi connectivity index (χ1n) is 5.92. The molecule has 2 rings (SSSR count). The van der Waals surface area contributed by atoms with Crippen LogP contribution >= 0.6 is 22.9 Å². The summed E-state index contributed by atoms with van der Waals surface area (Å²) in [6.07, 6.45) is 0. The summed E-state index contributed by atoms with van der Waals surface area (Å²) in [6.45, 7) is 6.40. The molecule has 0 atom stereocenters. The van der Waals surface area contributed by atoms with Gasteiger partial charge in [-0.15, -0.1) is 0 Å². The van der Waals surface area contributed by atoms with Crippen molar-refractivity contribution in [3.05, 3.63) is 37.3 Å². The molecular weight excluding hydrogens is 284 g/mol. The second kappa shape index (κ2) is 5.71. The molecule has 0 unspecified atom stereocenters. The Bertz CT molecular complexity index is 635. The number of nitrogens with one attached hydrogen (secondary N) is 2. The number of aromatic nitrogens is 3. The van der Waals surface area contributed by atoms with Crippen molar-refractivity contribution in [2.75, 3.05) is 5.32 Å². The largest absolute Gasteiger partial charge is 0.364 e. The Kier molecular flexibility index (Phi) is 4.21. The summed E-state index contributed by atoms with van der Waals surface area (Å²) in [5.41, 5.74) is 1.64.